The first-order valence-electron chi connectivity index (χ1n) is 7.56. The third-order valence-electron chi connectivity index (χ3n) is 3.25. The molecule has 0 amide bonds. The van der Waals surface area contributed by atoms with Crippen molar-refractivity contribution in [2.45, 2.75) is 58.3 Å². The van der Waals surface area contributed by atoms with Gasteiger partial charge in [0.15, 0.2) is 0 Å². The minimum atomic E-state index is 0.0286. The van der Waals surface area contributed by atoms with Crippen LogP contribution >= 0.6 is 0 Å². The maximum absolute atomic E-state index is 5.58. The Morgan fingerprint density at radius 1 is 1.19 bits per heavy atom. The molecule has 2 rings (SSSR count). The minimum Gasteiger partial charge on any atom is -0.461 e. The Morgan fingerprint density at radius 2 is 1.90 bits per heavy atom. The molecule has 0 aliphatic heterocycles. The van der Waals surface area contributed by atoms with E-state index in [4.69, 9.17) is 9.47 Å². The van der Waals surface area contributed by atoms with Gasteiger partial charge in [0.25, 0.3) is 0 Å². The quantitative estimate of drug-likeness (QED) is 0.759. The molecule has 1 aromatic rings. The molecule has 7 heteroatoms. The number of hydrogen-bond donors (Lipinski definition) is 2. The van der Waals surface area contributed by atoms with E-state index in [1.807, 2.05) is 13.8 Å². The van der Waals surface area contributed by atoms with Gasteiger partial charge < -0.3 is 20.1 Å². The first kappa shape index (κ1) is 15.8. The Morgan fingerprint density at radius 3 is 2.52 bits per heavy atom. The Bertz CT molecular complexity index is 449. The third-order valence-corrected chi connectivity index (χ3v) is 3.25. The predicted octanol–water partition coefficient (Wildman–Crippen LogP) is 2.07. The zero-order valence-corrected chi connectivity index (χ0v) is 13.2. The van der Waals surface area contributed by atoms with E-state index < -0.39 is 0 Å². The lowest BCUT2D eigenvalue weighted by atomic mass is 9.89. The fourth-order valence-corrected chi connectivity index (χ4v) is 2.06. The zero-order chi connectivity index (χ0) is 15.2. The average Bonchev–Trinajstić information content (AvgIpc) is 2.39. The number of hydrogen-bond acceptors (Lipinski definition) is 7. The van der Waals surface area contributed by atoms with Crippen molar-refractivity contribution in [2.24, 2.45) is 0 Å². The molecule has 118 valence electrons. The molecular formula is C14H25N5O2. The van der Waals surface area contributed by atoms with Gasteiger partial charge in [0.2, 0.25) is 11.9 Å². The summed E-state index contributed by atoms with van der Waals surface area (Å²) in [7, 11) is 1.74. The molecular weight excluding hydrogens is 270 g/mol. The molecule has 0 bridgehead atoms. The lowest BCUT2D eigenvalue weighted by molar-refractivity contribution is 0.0327. The zero-order valence-electron chi connectivity index (χ0n) is 13.2. The molecule has 0 unspecified atom stereocenters. The number of ether oxygens (including phenoxy) is 2. The summed E-state index contributed by atoms with van der Waals surface area (Å²) in [6.45, 7) is 6.81. The highest BCUT2D eigenvalue weighted by Gasteiger charge is 2.29. The van der Waals surface area contributed by atoms with E-state index in [9.17, 15) is 0 Å². The summed E-state index contributed by atoms with van der Waals surface area (Å²) in [5, 5.41) is 6.48. The van der Waals surface area contributed by atoms with Gasteiger partial charge in [0.1, 0.15) is 0 Å². The van der Waals surface area contributed by atoms with Crippen molar-refractivity contribution in [1.82, 2.24) is 15.0 Å². The fraction of sp³-hybridized carbons (Fsp3) is 0.786. The molecule has 1 aliphatic rings. The molecule has 7 nitrogen and oxygen atoms in total. The van der Waals surface area contributed by atoms with Crippen LogP contribution in [0.3, 0.4) is 0 Å². The van der Waals surface area contributed by atoms with Gasteiger partial charge in [-0.15, -0.1) is 0 Å². The van der Waals surface area contributed by atoms with Crippen molar-refractivity contribution in [3.8, 4) is 6.01 Å². The van der Waals surface area contributed by atoms with Gasteiger partial charge >= 0.3 is 6.01 Å². The van der Waals surface area contributed by atoms with E-state index in [0.29, 0.717) is 30.1 Å². The molecule has 21 heavy (non-hydrogen) atoms. The second-order valence-corrected chi connectivity index (χ2v) is 5.53. The first-order valence-corrected chi connectivity index (χ1v) is 7.56. The molecule has 0 radical (unpaired) electrons. The van der Waals surface area contributed by atoms with E-state index >= 15 is 0 Å². The van der Waals surface area contributed by atoms with E-state index in [0.717, 1.165) is 25.8 Å². The van der Waals surface area contributed by atoms with Crippen LogP contribution in [0.25, 0.3) is 0 Å². The molecule has 1 heterocycles. The molecule has 1 aromatic heterocycles. The van der Waals surface area contributed by atoms with Crippen LogP contribution in [0.4, 0.5) is 11.9 Å². The highest BCUT2D eigenvalue weighted by molar-refractivity contribution is 5.37. The molecule has 1 fully saturated rings. The summed E-state index contributed by atoms with van der Waals surface area (Å²) < 4.78 is 10.9. The fourth-order valence-electron chi connectivity index (χ4n) is 2.06. The number of nitrogens with one attached hydrogen (secondary N) is 2. The van der Waals surface area contributed by atoms with Crippen LogP contribution in [-0.4, -0.2) is 46.9 Å². The van der Waals surface area contributed by atoms with Crippen molar-refractivity contribution in [2.75, 3.05) is 24.3 Å². The van der Waals surface area contributed by atoms with Crippen LogP contribution < -0.4 is 15.4 Å². The summed E-state index contributed by atoms with van der Waals surface area (Å²) >= 11 is 0. The summed E-state index contributed by atoms with van der Waals surface area (Å²) in [6.07, 6.45) is 3.32. The highest BCUT2D eigenvalue weighted by Crippen LogP contribution is 2.25. The second-order valence-electron chi connectivity index (χ2n) is 5.53. The molecule has 0 saturated heterocycles. The van der Waals surface area contributed by atoms with Crippen LogP contribution in [0.2, 0.25) is 0 Å². The monoisotopic (exact) mass is 295 g/mol. The van der Waals surface area contributed by atoms with Crippen molar-refractivity contribution in [1.29, 1.82) is 0 Å². The standard InChI is InChI=1S/C14H25N5O2/c1-5-6-15-12-17-13(16-10-7-11(8-10)20-4)19-14(18-12)21-9(2)3/h9-11H,5-8H2,1-4H3,(H2,15,16,17,18,19). The van der Waals surface area contributed by atoms with Crippen molar-refractivity contribution < 1.29 is 9.47 Å². The summed E-state index contributed by atoms with van der Waals surface area (Å²) in [5.41, 5.74) is 0. The van der Waals surface area contributed by atoms with Crippen molar-refractivity contribution >= 4 is 11.9 Å². The average molecular weight is 295 g/mol. The maximum atomic E-state index is 5.58. The van der Waals surface area contributed by atoms with Gasteiger partial charge in [0.05, 0.1) is 12.2 Å². The second kappa shape index (κ2) is 7.40. The van der Waals surface area contributed by atoms with E-state index in [2.05, 4.69) is 32.5 Å². The number of nitrogens with zero attached hydrogens (tertiary/aromatic N) is 3. The van der Waals surface area contributed by atoms with Crippen molar-refractivity contribution in [3.05, 3.63) is 0 Å². The topological polar surface area (TPSA) is 81.2 Å². The Hall–Kier alpha value is -1.63. The van der Waals surface area contributed by atoms with Gasteiger partial charge in [-0.3, -0.25) is 0 Å². The van der Waals surface area contributed by atoms with E-state index in [-0.39, 0.29) is 6.10 Å². The Kier molecular flexibility index (Phi) is 5.55. The smallest absolute Gasteiger partial charge is 0.323 e. The lowest BCUT2D eigenvalue weighted by Gasteiger charge is -2.34. The predicted molar refractivity (Wildman–Crippen MR) is 81.8 cm³/mol. The molecule has 0 spiro atoms. The van der Waals surface area contributed by atoms with Crippen LogP contribution in [0.1, 0.15) is 40.0 Å². The van der Waals surface area contributed by atoms with Gasteiger partial charge in [-0.25, -0.2) is 0 Å². The maximum Gasteiger partial charge on any atom is 0.323 e. The molecule has 2 N–H and O–H groups in total. The lowest BCUT2D eigenvalue weighted by Crippen LogP contribution is -2.40. The van der Waals surface area contributed by atoms with E-state index in [1.54, 1.807) is 7.11 Å². The van der Waals surface area contributed by atoms with Gasteiger partial charge in [-0.05, 0) is 33.1 Å². The summed E-state index contributed by atoms with van der Waals surface area (Å²) in [6, 6.07) is 0.701. The van der Waals surface area contributed by atoms with Gasteiger partial charge in [0, 0.05) is 19.7 Å². The number of aromatic nitrogens is 3. The van der Waals surface area contributed by atoms with Crippen LogP contribution in [-0.2, 0) is 4.74 Å². The Labute approximate surface area is 125 Å². The number of rotatable bonds is 8. The number of anilines is 2. The molecule has 1 aliphatic carbocycles. The van der Waals surface area contributed by atoms with Gasteiger partial charge in [-0.2, -0.15) is 15.0 Å². The summed E-state index contributed by atoms with van der Waals surface area (Å²) in [5.74, 6) is 1.10. The summed E-state index contributed by atoms with van der Waals surface area (Å²) in [4.78, 5) is 13.0. The normalized spacial score (nSPS) is 21.0. The first-order chi connectivity index (χ1) is 10.1. The molecule has 1 saturated carbocycles. The van der Waals surface area contributed by atoms with Crippen LogP contribution in [0.15, 0.2) is 0 Å². The van der Waals surface area contributed by atoms with E-state index in [1.165, 1.54) is 0 Å². The minimum absolute atomic E-state index is 0.0286. The highest BCUT2D eigenvalue weighted by atomic mass is 16.5. The van der Waals surface area contributed by atoms with Crippen molar-refractivity contribution in [3.63, 3.8) is 0 Å². The van der Waals surface area contributed by atoms with Gasteiger partial charge in [-0.1, -0.05) is 6.92 Å². The Balaban J connectivity index is 2.03. The third kappa shape index (κ3) is 4.70. The molecule has 0 atom stereocenters. The SMILES string of the molecule is CCCNc1nc(NC2CC(OC)C2)nc(OC(C)C)n1. The largest absolute Gasteiger partial charge is 0.461 e. The van der Waals surface area contributed by atoms with Crippen LogP contribution in [0, 0.1) is 0 Å². The number of methoxy groups -OCH3 is 1. The van der Waals surface area contributed by atoms with Crippen LogP contribution in [0.5, 0.6) is 6.01 Å². The molecule has 0 aromatic carbocycles.